The Hall–Kier alpha value is -1.96. The van der Waals surface area contributed by atoms with Crippen molar-refractivity contribution < 1.29 is 4.74 Å². The Morgan fingerprint density at radius 2 is 1.53 bits per heavy atom. The molecule has 2 nitrogen and oxygen atoms in total. The number of rotatable bonds is 6. The zero-order chi connectivity index (χ0) is 13.5. The summed E-state index contributed by atoms with van der Waals surface area (Å²) in [6.45, 7) is 2.91. The van der Waals surface area contributed by atoms with Gasteiger partial charge >= 0.3 is 0 Å². The second-order valence-corrected chi connectivity index (χ2v) is 4.69. The normalized spacial score (nSPS) is 10.4. The average molecular weight is 255 g/mol. The topological polar surface area (TPSA) is 35.2 Å². The van der Waals surface area contributed by atoms with Gasteiger partial charge in [0.15, 0.2) is 0 Å². The third-order valence-corrected chi connectivity index (χ3v) is 3.19. The molecule has 0 saturated carbocycles. The fraction of sp³-hybridized carbons (Fsp3) is 0.294. The predicted molar refractivity (Wildman–Crippen MR) is 80.5 cm³/mol. The summed E-state index contributed by atoms with van der Waals surface area (Å²) in [5.41, 5.74) is 9.16. The van der Waals surface area contributed by atoms with E-state index in [1.165, 1.54) is 11.1 Å². The third kappa shape index (κ3) is 4.32. The largest absolute Gasteiger partial charge is 0.494 e. The second kappa shape index (κ2) is 6.83. The van der Waals surface area contributed by atoms with Crippen molar-refractivity contribution in [3.8, 4) is 5.75 Å². The number of hydrogen-bond donors (Lipinski definition) is 1. The van der Waals surface area contributed by atoms with Gasteiger partial charge in [0.05, 0.1) is 6.61 Å². The molecule has 100 valence electrons. The van der Waals surface area contributed by atoms with Crippen LogP contribution in [-0.2, 0) is 12.8 Å². The van der Waals surface area contributed by atoms with E-state index in [1.807, 2.05) is 24.3 Å². The summed E-state index contributed by atoms with van der Waals surface area (Å²) < 4.78 is 5.67. The van der Waals surface area contributed by atoms with E-state index in [0.717, 1.165) is 37.3 Å². The molecule has 0 atom stereocenters. The first kappa shape index (κ1) is 13.5. The van der Waals surface area contributed by atoms with E-state index < -0.39 is 0 Å². The van der Waals surface area contributed by atoms with Gasteiger partial charge in [-0.15, -0.1) is 0 Å². The molecule has 0 bridgehead atoms. The summed E-state index contributed by atoms with van der Waals surface area (Å²) in [7, 11) is 0. The molecule has 0 radical (unpaired) electrons. The smallest absolute Gasteiger partial charge is 0.119 e. The molecule has 0 amide bonds. The molecule has 2 rings (SSSR count). The van der Waals surface area contributed by atoms with E-state index in [4.69, 9.17) is 10.5 Å². The summed E-state index contributed by atoms with van der Waals surface area (Å²) >= 11 is 0. The molecule has 0 aromatic heterocycles. The van der Waals surface area contributed by atoms with Crippen molar-refractivity contribution in [1.82, 2.24) is 0 Å². The van der Waals surface area contributed by atoms with Crippen molar-refractivity contribution in [3.63, 3.8) is 0 Å². The van der Waals surface area contributed by atoms with Gasteiger partial charge in [0.2, 0.25) is 0 Å². The summed E-state index contributed by atoms with van der Waals surface area (Å²) in [4.78, 5) is 0. The average Bonchev–Trinajstić information content (AvgIpc) is 2.46. The van der Waals surface area contributed by atoms with Crippen molar-refractivity contribution in [1.29, 1.82) is 0 Å². The molecule has 0 spiro atoms. The first-order valence-corrected chi connectivity index (χ1v) is 6.84. The van der Waals surface area contributed by atoms with Gasteiger partial charge in [-0.3, -0.25) is 0 Å². The Labute approximate surface area is 115 Å². The molecule has 0 fully saturated rings. The molecule has 2 aromatic carbocycles. The monoisotopic (exact) mass is 255 g/mol. The zero-order valence-electron chi connectivity index (χ0n) is 11.4. The minimum atomic E-state index is 0.736. The quantitative estimate of drug-likeness (QED) is 0.628. The number of nitrogens with two attached hydrogens (primary N) is 1. The van der Waals surface area contributed by atoms with Gasteiger partial charge in [-0.2, -0.15) is 0 Å². The number of anilines is 1. The first-order chi connectivity index (χ1) is 9.28. The Kier molecular flexibility index (Phi) is 4.85. The highest BCUT2D eigenvalue weighted by molar-refractivity contribution is 5.41. The molecule has 2 heteroatoms. The molecular weight excluding hydrogens is 234 g/mol. The fourth-order valence-corrected chi connectivity index (χ4v) is 1.97. The van der Waals surface area contributed by atoms with E-state index >= 15 is 0 Å². The molecule has 2 N–H and O–H groups in total. The van der Waals surface area contributed by atoms with Gasteiger partial charge in [0.25, 0.3) is 0 Å². The van der Waals surface area contributed by atoms with E-state index in [1.54, 1.807) is 0 Å². The molecule has 2 aromatic rings. The predicted octanol–water partition coefficient (Wildman–Crippen LogP) is 3.84. The zero-order valence-corrected chi connectivity index (χ0v) is 11.4. The van der Waals surface area contributed by atoms with Gasteiger partial charge in [-0.1, -0.05) is 31.2 Å². The maximum atomic E-state index is 5.67. The third-order valence-electron chi connectivity index (χ3n) is 3.19. The number of aryl methyl sites for hydroxylation is 2. The second-order valence-electron chi connectivity index (χ2n) is 4.69. The van der Waals surface area contributed by atoms with E-state index in [2.05, 4.69) is 31.2 Å². The van der Waals surface area contributed by atoms with Gasteiger partial charge in [0, 0.05) is 5.69 Å². The van der Waals surface area contributed by atoms with Crippen LogP contribution in [0.3, 0.4) is 0 Å². The van der Waals surface area contributed by atoms with Crippen LogP contribution in [0.15, 0.2) is 48.5 Å². The Morgan fingerprint density at radius 1 is 0.895 bits per heavy atom. The number of hydrogen-bond acceptors (Lipinski definition) is 2. The van der Waals surface area contributed by atoms with E-state index in [-0.39, 0.29) is 0 Å². The summed E-state index contributed by atoms with van der Waals surface area (Å²) in [5.74, 6) is 0.885. The lowest BCUT2D eigenvalue weighted by atomic mass is 10.1. The summed E-state index contributed by atoms with van der Waals surface area (Å²) in [5, 5.41) is 0. The molecule has 19 heavy (non-hydrogen) atoms. The number of ether oxygens (including phenoxy) is 1. The van der Waals surface area contributed by atoms with Crippen LogP contribution in [0.25, 0.3) is 0 Å². The van der Waals surface area contributed by atoms with E-state index in [0.29, 0.717) is 0 Å². The van der Waals surface area contributed by atoms with Crippen LogP contribution < -0.4 is 10.5 Å². The summed E-state index contributed by atoms with van der Waals surface area (Å²) in [6, 6.07) is 16.4. The first-order valence-electron chi connectivity index (χ1n) is 6.84. The lowest BCUT2D eigenvalue weighted by Crippen LogP contribution is -1.99. The van der Waals surface area contributed by atoms with Crippen LogP contribution in [0.4, 0.5) is 5.69 Å². The van der Waals surface area contributed by atoms with Crippen LogP contribution in [0.1, 0.15) is 24.5 Å². The maximum absolute atomic E-state index is 5.67. The van der Waals surface area contributed by atoms with Crippen LogP contribution in [-0.4, -0.2) is 6.61 Å². The van der Waals surface area contributed by atoms with Crippen molar-refractivity contribution in [2.75, 3.05) is 12.3 Å². The standard InChI is InChI=1S/C17H21NO/c1-2-14-5-7-15(8-6-14)4-3-13-19-17-11-9-16(18)10-12-17/h5-12H,2-4,13,18H2,1H3. The minimum absolute atomic E-state index is 0.736. The number of nitrogen functional groups attached to an aromatic ring is 1. The fourth-order valence-electron chi connectivity index (χ4n) is 1.97. The molecule has 0 saturated heterocycles. The Balaban J connectivity index is 1.72. The van der Waals surface area contributed by atoms with Crippen molar-refractivity contribution >= 4 is 5.69 Å². The molecule has 0 heterocycles. The highest BCUT2D eigenvalue weighted by Gasteiger charge is 1.96. The minimum Gasteiger partial charge on any atom is -0.494 e. The van der Waals surface area contributed by atoms with Gasteiger partial charge in [0.1, 0.15) is 5.75 Å². The lowest BCUT2D eigenvalue weighted by Gasteiger charge is -2.07. The van der Waals surface area contributed by atoms with Gasteiger partial charge in [-0.25, -0.2) is 0 Å². The van der Waals surface area contributed by atoms with Crippen molar-refractivity contribution in [2.45, 2.75) is 26.2 Å². The van der Waals surface area contributed by atoms with Gasteiger partial charge in [-0.05, 0) is 54.7 Å². The molecular formula is C17H21NO. The van der Waals surface area contributed by atoms with Crippen molar-refractivity contribution in [2.24, 2.45) is 0 Å². The SMILES string of the molecule is CCc1ccc(CCCOc2ccc(N)cc2)cc1. The lowest BCUT2D eigenvalue weighted by molar-refractivity contribution is 0.311. The Morgan fingerprint density at radius 3 is 2.16 bits per heavy atom. The molecule has 0 unspecified atom stereocenters. The number of benzene rings is 2. The van der Waals surface area contributed by atoms with Crippen LogP contribution in [0, 0.1) is 0 Å². The Bertz CT molecular complexity index is 488. The van der Waals surface area contributed by atoms with E-state index in [9.17, 15) is 0 Å². The van der Waals surface area contributed by atoms with Crippen LogP contribution >= 0.6 is 0 Å². The van der Waals surface area contributed by atoms with Crippen LogP contribution in [0.2, 0.25) is 0 Å². The van der Waals surface area contributed by atoms with Crippen LogP contribution in [0.5, 0.6) is 5.75 Å². The maximum Gasteiger partial charge on any atom is 0.119 e. The highest BCUT2D eigenvalue weighted by atomic mass is 16.5. The van der Waals surface area contributed by atoms with Crippen molar-refractivity contribution in [3.05, 3.63) is 59.7 Å². The highest BCUT2D eigenvalue weighted by Crippen LogP contribution is 2.14. The van der Waals surface area contributed by atoms with Gasteiger partial charge < -0.3 is 10.5 Å². The molecule has 0 aliphatic heterocycles. The summed E-state index contributed by atoms with van der Waals surface area (Å²) in [6.07, 6.45) is 3.18. The molecule has 0 aliphatic carbocycles. The molecule has 0 aliphatic rings.